The van der Waals surface area contributed by atoms with Crippen molar-refractivity contribution >= 4 is 34.2 Å². The van der Waals surface area contributed by atoms with E-state index in [2.05, 4.69) is 27.9 Å². The van der Waals surface area contributed by atoms with Gasteiger partial charge in [-0.15, -0.1) is 0 Å². The Morgan fingerprint density at radius 1 is 1.60 bits per heavy atom. The van der Waals surface area contributed by atoms with Crippen molar-refractivity contribution in [3.05, 3.63) is 40.2 Å². The van der Waals surface area contributed by atoms with Crippen LogP contribution in [0.5, 0.6) is 0 Å². The first-order valence-corrected chi connectivity index (χ1v) is 5.65. The molecule has 0 aliphatic carbocycles. The van der Waals surface area contributed by atoms with Gasteiger partial charge in [0.05, 0.1) is 12.9 Å². The predicted octanol–water partition coefficient (Wildman–Crippen LogP) is 2.78. The number of rotatable bonds is 4. The van der Waals surface area contributed by atoms with Gasteiger partial charge < -0.3 is 10.1 Å². The number of anilines is 1. The first-order valence-electron chi connectivity index (χ1n) is 4.57. The highest BCUT2D eigenvalue weighted by Crippen LogP contribution is 2.12. The molecule has 0 radical (unpaired) electrons. The SMILES string of the molecule is CCOC=CC(=O)Nc1cccc(I)c1. The van der Waals surface area contributed by atoms with Crippen molar-refractivity contribution < 1.29 is 9.53 Å². The summed E-state index contributed by atoms with van der Waals surface area (Å²) in [6.07, 6.45) is 2.76. The second-order valence-corrected chi connectivity index (χ2v) is 4.00. The lowest BCUT2D eigenvalue weighted by Gasteiger charge is -2.01. The number of hydrogen-bond donors (Lipinski definition) is 1. The van der Waals surface area contributed by atoms with Crippen LogP contribution in [0.1, 0.15) is 6.92 Å². The van der Waals surface area contributed by atoms with E-state index in [4.69, 9.17) is 4.74 Å². The minimum atomic E-state index is -0.189. The second-order valence-electron chi connectivity index (χ2n) is 2.76. The fraction of sp³-hybridized carbons (Fsp3) is 0.182. The average Bonchev–Trinajstić information content (AvgIpc) is 2.18. The molecule has 15 heavy (non-hydrogen) atoms. The number of nitrogens with one attached hydrogen (secondary N) is 1. The minimum absolute atomic E-state index is 0.189. The fourth-order valence-corrected chi connectivity index (χ4v) is 1.50. The number of benzene rings is 1. The molecule has 4 heteroatoms. The van der Waals surface area contributed by atoms with Crippen LogP contribution in [0.2, 0.25) is 0 Å². The normalized spacial score (nSPS) is 10.3. The Morgan fingerprint density at radius 2 is 2.40 bits per heavy atom. The van der Waals surface area contributed by atoms with E-state index in [9.17, 15) is 4.79 Å². The van der Waals surface area contributed by atoms with Gasteiger partial charge in [-0.05, 0) is 47.7 Å². The van der Waals surface area contributed by atoms with Crippen LogP contribution in [0.3, 0.4) is 0 Å². The number of halogens is 1. The molecule has 0 saturated carbocycles. The molecule has 0 bridgehead atoms. The van der Waals surface area contributed by atoms with E-state index in [0.717, 1.165) is 9.26 Å². The van der Waals surface area contributed by atoms with Gasteiger partial charge >= 0.3 is 0 Å². The number of ether oxygens (including phenoxy) is 1. The quantitative estimate of drug-likeness (QED) is 0.527. The van der Waals surface area contributed by atoms with Crippen LogP contribution in [0.15, 0.2) is 36.6 Å². The molecular formula is C11H12INO2. The summed E-state index contributed by atoms with van der Waals surface area (Å²) in [5, 5.41) is 2.73. The lowest BCUT2D eigenvalue weighted by Crippen LogP contribution is -2.07. The van der Waals surface area contributed by atoms with Crippen molar-refractivity contribution in [2.75, 3.05) is 11.9 Å². The number of hydrogen-bond acceptors (Lipinski definition) is 2. The summed E-state index contributed by atoms with van der Waals surface area (Å²) >= 11 is 2.19. The zero-order valence-corrected chi connectivity index (χ0v) is 10.5. The molecule has 0 saturated heterocycles. The molecule has 1 aromatic carbocycles. The summed E-state index contributed by atoms with van der Waals surface area (Å²) in [7, 11) is 0. The topological polar surface area (TPSA) is 38.3 Å². The zero-order chi connectivity index (χ0) is 11.1. The van der Waals surface area contributed by atoms with Crippen LogP contribution in [0.4, 0.5) is 5.69 Å². The van der Waals surface area contributed by atoms with E-state index >= 15 is 0 Å². The summed E-state index contributed by atoms with van der Waals surface area (Å²) in [5.41, 5.74) is 0.785. The summed E-state index contributed by atoms with van der Waals surface area (Å²) in [6, 6.07) is 7.59. The van der Waals surface area contributed by atoms with Crippen molar-refractivity contribution in [1.82, 2.24) is 0 Å². The van der Waals surface area contributed by atoms with Crippen molar-refractivity contribution in [2.45, 2.75) is 6.92 Å². The van der Waals surface area contributed by atoms with E-state index in [1.807, 2.05) is 31.2 Å². The molecule has 1 N–H and O–H groups in total. The molecule has 1 rings (SSSR count). The van der Waals surface area contributed by atoms with E-state index in [0.29, 0.717) is 6.61 Å². The van der Waals surface area contributed by atoms with Gasteiger partial charge in [0.25, 0.3) is 5.91 Å². The summed E-state index contributed by atoms with van der Waals surface area (Å²) in [4.78, 5) is 11.3. The lowest BCUT2D eigenvalue weighted by molar-refractivity contribution is -0.112. The molecule has 1 aromatic rings. The molecular weight excluding hydrogens is 305 g/mol. The first-order chi connectivity index (χ1) is 7.22. The van der Waals surface area contributed by atoms with Crippen molar-refractivity contribution in [2.24, 2.45) is 0 Å². The second kappa shape index (κ2) is 6.44. The molecule has 0 aliphatic rings. The highest BCUT2D eigenvalue weighted by atomic mass is 127. The predicted molar refractivity (Wildman–Crippen MR) is 68.6 cm³/mol. The van der Waals surface area contributed by atoms with Gasteiger partial charge in [-0.2, -0.15) is 0 Å². The summed E-state index contributed by atoms with van der Waals surface area (Å²) in [5.74, 6) is -0.189. The average molecular weight is 317 g/mol. The Kier molecular flexibility index (Phi) is 5.17. The van der Waals surface area contributed by atoms with Crippen molar-refractivity contribution in [3.8, 4) is 0 Å². The molecule has 0 fully saturated rings. The minimum Gasteiger partial charge on any atom is -0.501 e. The van der Waals surface area contributed by atoms with E-state index in [-0.39, 0.29) is 5.91 Å². The van der Waals surface area contributed by atoms with E-state index in [1.165, 1.54) is 12.3 Å². The zero-order valence-electron chi connectivity index (χ0n) is 8.37. The Morgan fingerprint density at radius 3 is 3.07 bits per heavy atom. The first kappa shape index (κ1) is 12.0. The Labute approximate surface area is 103 Å². The molecule has 0 heterocycles. The van der Waals surface area contributed by atoms with Gasteiger partial charge in [-0.25, -0.2) is 0 Å². The Bertz CT molecular complexity index is 363. The molecule has 0 atom stereocenters. The third-order valence-electron chi connectivity index (χ3n) is 1.57. The number of carbonyl (C=O) groups excluding carboxylic acids is 1. The van der Waals surface area contributed by atoms with Gasteiger partial charge in [0.1, 0.15) is 0 Å². The fourth-order valence-electron chi connectivity index (χ4n) is 0.956. The Balaban J connectivity index is 2.51. The van der Waals surface area contributed by atoms with Gasteiger partial charge in [0.2, 0.25) is 0 Å². The van der Waals surface area contributed by atoms with Crippen LogP contribution in [-0.4, -0.2) is 12.5 Å². The van der Waals surface area contributed by atoms with Crippen LogP contribution >= 0.6 is 22.6 Å². The number of carbonyl (C=O) groups is 1. The third-order valence-corrected chi connectivity index (χ3v) is 2.25. The lowest BCUT2D eigenvalue weighted by atomic mass is 10.3. The van der Waals surface area contributed by atoms with Gasteiger partial charge in [0.15, 0.2) is 0 Å². The van der Waals surface area contributed by atoms with Gasteiger partial charge in [-0.1, -0.05) is 6.07 Å². The maximum atomic E-state index is 11.3. The molecule has 3 nitrogen and oxygen atoms in total. The van der Waals surface area contributed by atoms with Gasteiger partial charge in [0, 0.05) is 15.3 Å². The molecule has 0 aliphatic heterocycles. The molecule has 0 aromatic heterocycles. The van der Waals surface area contributed by atoms with Crippen LogP contribution in [0.25, 0.3) is 0 Å². The highest BCUT2D eigenvalue weighted by Gasteiger charge is 1.97. The maximum Gasteiger partial charge on any atom is 0.251 e. The van der Waals surface area contributed by atoms with Crippen LogP contribution in [0, 0.1) is 3.57 Å². The number of amides is 1. The van der Waals surface area contributed by atoms with Gasteiger partial charge in [-0.3, -0.25) is 4.79 Å². The largest absolute Gasteiger partial charge is 0.501 e. The molecule has 1 amide bonds. The third kappa shape index (κ3) is 4.83. The maximum absolute atomic E-state index is 11.3. The van der Waals surface area contributed by atoms with Crippen LogP contribution < -0.4 is 5.32 Å². The van der Waals surface area contributed by atoms with Crippen LogP contribution in [-0.2, 0) is 9.53 Å². The standard InChI is InChI=1S/C11H12INO2/c1-2-15-7-6-11(14)13-10-5-3-4-9(12)8-10/h3-8H,2H2,1H3,(H,13,14). The summed E-state index contributed by atoms with van der Waals surface area (Å²) in [6.45, 7) is 2.43. The molecule has 80 valence electrons. The van der Waals surface area contributed by atoms with E-state index in [1.54, 1.807) is 0 Å². The Hall–Kier alpha value is -1.04. The molecule has 0 unspecified atom stereocenters. The van der Waals surface area contributed by atoms with Crippen molar-refractivity contribution in [1.29, 1.82) is 0 Å². The van der Waals surface area contributed by atoms with Crippen molar-refractivity contribution in [3.63, 3.8) is 0 Å². The summed E-state index contributed by atoms with van der Waals surface area (Å²) < 4.78 is 6.01. The molecule has 0 spiro atoms. The highest BCUT2D eigenvalue weighted by molar-refractivity contribution is 14.1. The smallest absolute Gasteiger partial charge is 0.251 e. The monoisotopic (exact) mass is 317 g/mol. The van der Waals surface area contributed by atoms with E-state index < -0.39 is 0 Å².